The maximum atomic E-state index is 17.5. The number of thiophene rings is 1. The summed E-state index contributed by atoms with van der Waals surface area (Å²) < 4.78 is 86.4. The van der Waals surface area contributed by atoms with Gasteiger partial charge in [-0.3, -0.25) is 9.69 Å². The van der Waals surface area contributed by atoms with Crippen LogP contribution in [0.2, 0.25) is 5.02 Å². The number of ether oxygens (including phenoxy) is 2. The normalized spacial score (nSPS) is 29.4. The molecule has 2 aromatic carbocycles. The molecule has 0 spiro atoms. The van der Waals surface area contributed by atoms with E-state index in [9.17, 15) is 22.9 Å². The van der Waals surface area contributed by atoms with E-state index in [0.29, 0.717) is 25.8 Å². The number of hydrogen-bond acceptors (Lipinski definition) is 12. The number of halogens is 4. The number of amides is 1. The van der Waals surface area contributed by atoms with Crippen LogP contribution in [-0.4, -0.2) is 108 Å². The fourth-order valence-corrected chi connectivity index (χ4v) is 12.6. The first-order valence-corrected chi connectivity index (χ1v) is 22.2. The number of carbonyl (C=O) groups is 1. The zero-order chi connectivity index (χ0) is 39.7. The minimum absolute atomic E-state index is 0.0125. The second-order valence-corrected chi connectivity index (χ2v) is 19.6. The van der Waals surface area contributed by atoms with Crippen LogP contribution < -0.4 is 25.4 Å². The average molecular weight is 843 g/mol. The van der Waals surface area contributed by atoms with E-state index in [1.54, 1.807) is 0 Å². The Labute approximate surface area is 334 Å². The van der Waals surface area contributed by atoms with Crippen LogP contribution in [0.1, 0.15) is 50.5 Å². The molecule has 6 aliphatic rings. The summed E-state index contributed by atoms with van der Waals surface area (Å²) in [7, 11) is -3.57. The third-order valence-corrected chi connectivity index (χ3v) is 15.3. The largest absolute Gasteiger partial charge is 0.491 e. The third-order valence-electron chi connectivity index (χ3n) is 12.7. The van der Waals surface area contributed by atoms with Gasteiger partial charge in [0, 0.05) is 49.0 Å². The number of nitrogens with one attached hydrogen (secondary N) is 1. The highest BCUT2D eigenvalue weighted by atomic mass is 35.5. The first-order valence-electron chi connectivity index (χ1n) is 19.1. The summed E-state index contributed by atoms with van der Waals surface area (Å²) in [5.41, 5.74) is 5.33. The van der Waals surface area contributed by atoms with E-state index in [-0.39, 0.29) is 109 Å². The lowest BCUT2D eigenvalue weighted by Crippen LogP contribution is -2.43. The molecule has 5 aliphatic heterocycles. The van der Waals surface area contributed by atoms with Gasteiger partial charge in [0.15, 0.2) is 11.6 Å². The molecule has 7 atom stereocenters. The molecule has 2 aromatic heterocycles. The number of nitrogens with zero attached hydrogens (tertiary/aromatic N) is 6. The van der Waals surface area contributed by atoms with Crippen molar-refractivity contribution in [2.45, 2.75) is 80.8 Å². The minimum atomic E-state index is -3.57. The first kappa shape index (κ1) is 37.1. The zero-order valence-electron chi connectivity index (χ0n) is 30.7. The van der Waals surface area contributed by atoms with Crippen molar-refractivity contribution in [1.29, 1.82) is 5.26 Å². The standard InChI is InChI=1S/C38H38ClF3N8O5S2/c1-57(52,53)50-30(17-3-4-17)31(50)36(51)45-19-11-20-7-10-54-32-26-29(28(42)25(27(32)39)21-5-6-23(41)33-24(21)22(13-43)34(44)56-33)46-37(47-35(26)49(20)15-19)55-16-38-8-2-9-48(38)14-18(40)12-38/h5-6,17-20,30-31H,2-4,7-12,14-16,44H2,1H3,(H,45,51)/t18-,19?,20?,30+,31-,38+,50?/m1/s1. The van der Waals surface area contributed by atoms with Gasteiger partial charge < -0.3 is 25.4 Å². The number of anilines is 2. The Bertz CT molecular complexity index is 2550. The average Bonchev–Trinajstić information content (AvgIpc) is 3.99. The van der Waals surface area contributed by atoms with Gasteiger partial charge in [-0.25, -0.2) is 21.6 Å². The highest BCUT2D eigenvalue weighted by molar-refractivity contribution is 7.88. The molecule has 1 saturated carbocycles. The van der Waals surface area contributed by atoms with Gasteiger partial charge in [0.25, 0.3) is 0 Å². The molecule has 0 bridgehead atoms. The topological polar surface area (TPSA) is 167 Å². The number of nitriles is 1. The molecule has 4 saturated heterocycles. The van der Waals surface area contributed by atoms with Gasteiger partial charge in [0.05, 0.1) is 45.1 Å². The molecular formula is C38H38ClF3N8O5S2. The number of fused-ring (bicyclic) bond motifs is 4. The number of carbonyl (C=O) groups excluding carboxylic acids is 1. The van der Waals surface area contributed by atoms with Gasteiger partial charge in [0.1, 0.15) is 47.0 Å². The molecule has 5 fully saturated rings. The van der Waals surface area contributed by atoms with Crippen LogP contribution in [0.25, 0.3) is 32.1 Å². The summed E-state index contributed by atoms with van der Waals surface area (Å²) in [6.45, 7) is 1.51. The van der Waals surface area contributed by atoms with E-state index in [1.807, 2.05) is 11.0 Å². The van der Waals surface area contributed by atoms with Crippen LogP contribution in [0, 0.1) is 28.9 Å². The molecule has 4 aromatic rings. The monoisotopic (exact) mass is 842 g/mol. The van der Waals surface area contributed by atoms with E-state index in [2.05, 4.69) is 15.2 Å². The molecule has 1 amide bonds. The molecule has 57 heavy (non-hydrogen) atoms. The van der Waals surface area contributed by atoms with Crippen molar-refractivity contribution < 1.29 is 35.9 Å². The van der Waals surface area contributed by atoms with Crippen molar-refractivity contribution in [2.24, 2.45) is 5.92 Å². The smallest absolute Gasteiger partial charge is 0.319 e. The fraction of sp³-hybridized carbons (Fsp3) is 0.526. The number of nitrogens with two attached hydrogens (primary N) is 1. The lowest BCUT2D eigenvalue weighted by molar-refractivity contribution is -0.121. The van der Waals surface area contributed by atoms with Crippen molar-refractivity contribution in [3.63, 3.8) is 0 Å². The van der Waals surface area contributed by atoms with Crippen LogP contribution in [0.4, 0.5) is 24.0 Å². The molecule has 1 aliphatic carbocycles. The summed E-state index contributed by atoms with van der Waals surface area (Å²) in [4.78, 5) is 27.2. The summed E-state index contributed by atoms with van der Waals surface area (Å²) in [6, 6.07) is 2.63. The first-order chi connectivity index (χ1) is 27.3. The Morgan fingerprint density at radius 2 is 2.04 bits per heavy atom. The van der Waals surface area contributed by atoms with Gasteiger partial charge in [-0.15, -0.1) is 11.3 Å². The molecule has 3 unspecified atom stereocenters. The number of nitrogen functional groups attached to an aromatic ring is 1. The third kappa shape index (κ3) is 5.89. The van der Waals surface area contributed by atoms with Crippen LogP contribution >= 0.6 is 22.9 Å². The molecule has 300 valence electrons. The second kappa shape index (κ2) is 13.2. The van der Waals surface area contributed by atoms with Crippen LogP contribution in [0.5, 0.6) is 11.8 Å². The second-order valence-electron chi connectivity index (χ2n) is 16.3. The van der Waals surface area contributed by atoms with E-state index >= 15 is 8.78 Å². The Balaban J connectivity index is 1.08. The van der Waals surface area contributed by atoms with E-state index < -0.39 is 45.5 Å². The molecule has 3 N–H and O–H groups in total. The zero-order valence-corrected chi connectivity index (χ0v) is 33.1. The van der Waals surface area contributed by atoms with Crippen molar-refractivity contribution >= 4 is 70.7 Å². The molecule has 13 nitrogen and oxygen atoms in total. The molecule has 0 radical (unpaired) electrons. The number of rotatable bonds is 8. The highest BCUT2D eigenvalue weighted by Gasteiger charge is 2.63. The number of benzene rings is 2. The van der Waals surface area contributed by atoms with E-state index in [0.717, 1.165) is 55.9 Å². The van der Waals surface area contributed by atoms with Gasteiger partial charge >= 0.3 is 6.01 Å². The van der Waals surface area contributed by atoms with Crippen LogP contribution in [0.3, 0.4) is 0 Å². The maximum absolute atomic E-state index is 17.5. The number of alkyl halides is 1. The van der Waals surface area contributed by atoms with Crippen molar-refractivity contribution in [3.8, 4) is 29.0 Å². The molecule has 10 rings (SSSR count). The lowest BCUT2D eigenvalue weighted by atomic mass is 9.95. The Morgan fingerprint density at radius 1 is 1.23 bits per heavy atom. The van der Waals surface area contributed by atoms with E-state index in [4.69, 9.17) is 31.8 Å². The lowest BCUT2D eigenvalue weighted by Gasteiger charge is -2.32. The number of sulfonamides is 1. The van der Waals surface area contributed by atoms with Gasteiger partial charge in [-0.2, -0.15) is 19.5 Å². The Kier molecular flexibility index (Phi) is 8.59. The predicted molar refractivity (Wildman–Crippen MR) is 208 cm³/mol. The van der Waals surface area contributed by atoms with Crippen molar-refractivity contribution in [3.05, 3.63) is 34.4 Å². The van der Waals surface area contributed by atoms with Crippen molar-refractivity contribution in [1.82, 2.24) is 24.5 Å². The fourth-order valence-electron chi connectivity index (χ4n) is 10.0. The molecule has 19 heteroatoms. The summed E-state index contributed by atoms with van der Waals surface area (Å²) in [6.07, 6.45) is 4.71. The van der Waals surface area contributed by atoms with Gasteiger partial charge in [0.2, 0.25) is 15.9 Å². The number of hydrogen-bond donors (Lipinski definition) is 2. The van der Waals surface area contributed by atoms with E-state index in [1.165, 1.54) is 10.4 Å². The Hall–Kier alpha value is -4.15. The Morgan fingerprint density at radius 3 is 2.79 bits per heavy atom. The van der Waals surface area contributed by atoms with Gasteiger partial charge in [-0.05, 0) is 56.2 Å². The predicted octanol–water partition coefficient (Wildman–Crippen LogP) is 5.12. The van der Waals surface area contributed by atoms with Crippen molar-refractivity contribution in [2.75, 3.05) is 49.7 Å². The molecule has 7 heterocycles. The SMILES string of the molecule is CS(=O)(=O)N1[C@@H](C(=O)NC2CC3CCOc4c(Cl)c(-c5ccc(F)c6sc(N)c(C#N)c56)c(F)c5nc(OC[C@@]67CCCN6C[C@H](F)C7)nc(c45)N3C2)[C@@H]1C1CC1. The highest BCUT2D eigenvalue weighted by Crippen LogP contribution is 2.52. The maximum Gasteiger partial charge on any atom is 0.319 e. The van der Waals surface area contributed by atoms with Crippen LogP contribution in [-0.2, 0) is 14.8 Å². The minimum Gasteiger partial charge on any atom is -0.491 e. The van der Waals surface area contributed by atoms with Crippen LogP contribution in [0.15, 0.2) is 12.1 Å². The summed E-state index contributed by atoms with van der Waals surface area (Å²) >= 11 is 7.99. The number of aromatic nitrogens is 2. The quantitative estimate of drug-likeness (QED) is 0.226. The van der Waals surface area contributed by atoms with Gasteiger partial charge in [-0.1, -0.05) is 17.7 Å². The summed E-state index contributed by atoms with van der Waals surface area (Å²) in [5, 5.41) is 13.3. The summed E-state index contributed by atoms with van der Waals surface area (Å²) in [5.74, 6) is -1.35. The molecular weight excluding hydrogens is 805 g/mol.